The Morgan fingerprint density at radius 3 is 2.86 bits per heavy atom. The van der Waals surface area contributed by atoms with Gasteiger partial charge in [-0.25, -0.2) is 4.98 Å². The molecule has 3 aromatic rings. The lowest BCUT2D eigenvalue weighted by molar-refractivity contribution is -0.133. The summed E-state index contributed by atoms with van der Waals surface area (Å²) in [5, 5.41) is 10.2. The lowest BCUT2D eigenvalue weighted by Gasteiger charge is -2.26. The SMILES string of the molecule is Cc1ccccc1-n1c(SCC(=O)O)nc2sc3c(c2c1=O)CC(C(C)C)OC3. The highest BCUT2D eigenvalue weighted by Gasteiger charge is 2.29. The normalized spacial score (nSPS) is 16.3. The van der Waals surface area contributed by atoms with E-state index in [-0.39, 0.29) is 17.4 Å². The molecule has 1 unspecified atom stereocenters. The highest BCUT2D eigenvalue weighted by Crippen LogP contribution is 2.36. The number of para-hydroxylation sites is 1. The maximum absolute atomic E-state index is 13.7. The first-order valence-corrected chi connectivity index (χ1v) is 11.3. The van der Waals surface area contributed by atoms with Crippen molar-refractivity contribution in [3.05, 3.63) is 50.6 Å². The predicted molar refractivity (Wildman–Crippen MR) is 115 cm³/mol. The first-order chi connectivity index (χ1) is 13.9. The number of ether oxygens (including phenoxy) is 1. The second-order valence-corrected chi connectivity index (χ2v) is 9.51. The summed E-state index contributed by atoms with van der Waals surface area (Å²) in [5.74, 6) is -0.748. The van der Waals surface area contributed by atoms with Crippen LogP contribution in [0.15, 0.2) is 34.2 Å². The molecule has 4 rings (SSSR count). The quantitative estimate of drug-likeness (QED) is 0.486. The molecule has 0 spiro atoms. The summed E-state index contributed by atoms with van der Waals surface area (Å²) in [6.07, 6.45) is 0.770. The van der Waals surface area contributed by atoms with Gasteiger partial charge in [0.2, 0.25) is 0 Å². The topological polar surface area (TPSA) is 81.4 Å². The maximum atomic E-state index is 13.7. The first-order valence-electron chi connectivity index (χ1n) is 9.46. The number of hydrogen-bond donors (Lipinski definition) is 1. The van der Waals surface area contributed by atoms with Crippen LogP contribution in [-0.2, 0) is 22.6 Å². The summed E-state index contributed by atoms with van der Waals surface area (Å²) >= 11 is 2.54. The van der Waals surface area contributed by atoms with Crippen molar-refractivity contribution >= 4 is 39.3 Å². The first kappa shape index (κ1) is 20.1. The zero-order chi connectivity index (χ0) is 20.7. The number of carboxylic acids is 1. The van der Waals surface area contributed by atoms with E-state index in [9.17, 15) is 9.59 Å². The Labute approximate surface area is 176 Å². The molecule has 0 radical (unpaired) electrons. The van der Waals surface area contributed by atoms with Crippen molar-refractivity contribution < 1.29 is 14.6 Å². The Bertz CT molecular complexity index is 1150. The number of carbonyl (C=O) groups is 1. The van der Waals surface area contributed by atoms with Crippen molar-refractivity contribution in [3.63, 3.8) is 0 Å². The van der Waals surface area contributed by atoms with E-state index in [2.05, 4.69) is 13.8 Å². The second-order valence-electron chi connectivity index (χ2n) is 7.49. The van der Waals surface area contributed by atoms with Crippen LogP contribution in [-0.4, -0.2) is 32.5 Å². The molecule has 0 amide bonds. The van der Waals surface area contributed by atoms with E-state index in [1.807, 2.05) is 31.2 Å². The van der Waals surface area contributed by atoms with E-state index in [4.69, 9.17) is 14.8 Å². The van der Waals surface area contributed by atoms with Crippen molar-refractivity contribution in [3.8, 4) is 5.69 Å². The van der Waals surface area contributed by atoms with Crippen LogP contribution in [0, 0.1) is 12.8 Å². The Hall–Kier alpha value is -2.16. The van der Waals surface area contributed by atoms with Crippen LogP contribution in [0.5, 0.6) is 0 Å². The Kier molecular flexibility index (Phi) is 5.50. The minimum absolute atomic E-state index is 0.0765. The summed E-state index contributed by atoms with van der Waals surface area (Å²) in [5.41, 5.74) is 2.55. The number of hydrogen-bond acceptors (Lipinski definition) is 6. The molecule has 1 aliphatic heterocycles. The Morgan fingerprint density at radius 1 is 1.41 bits per heavy atom. The number of benzene rings is 1. The Balaban J connectivity index is 1.96. The molecule has 2 aromatic heterocycles. The fourth-order valence-electron chi connectivity index (χ4n) is 3.59. The molecule has 3 heterocycles. The fraction of sp³-hybridized carbons (Fsp3) is 0.381. The van der Waals surface area contributed by atoms with Crippen molar-refractivity contribution in [1.82, 2.24) is 9.55 Å². The highest BCUT2D eigenvalue weighted by molar-refractivity contribution is 7.99. The third-order valence-electron chi connectivity index (χ3n) is 5.14. The number of fused-ring (bicyclic) bond motifs is 3. The van der Waals surface area contributed by atoms with Gasteiger partial charge in [-0.15, -0.1) is 11.3 Å². The zero-order valence-electron chi connectivity index (χ0n) is 16.5. The third kappa shape index (κ3) is 3.72. The molecule has 6 nitrogen and oxygen atoms in total. The molecule has 152 valence electrons. The predicted octanol–water partition coefficient (Wildman–Crippen LogP) is 4.03. The number of aliphatic carboxylic acids is 1. The van der Waals surface area contributed by atoms with Crippen molar-refractivity contribution in [1.29, 1.82) is 0 Å². The minimum Gasteiger partial charge on any atom is -0.481 e. The number of thiophene rings is 1. The highest BCUT2D eigenvalue weighted by atomic mass is 32.2. The molecule has 1 aliphatic rings. The molecular formula is C21H22N2O4S2. The average Bonchev–Trinajstić information content (AvgIpc) is 3.05. The molecule has 29 heavy (non-hydrogen) atoms. The van der Waals surface area contributed by atoms with Crippen molar-refractivity contribution in [2.24, 2.45) is 5.92 Å². The lowest BCUT2D eigenvalue weighted by Crippen LogP contribution is -2.28. The molecule has 1 aromatic carbocycles. The number of thioether (sulfide) groups is 1. The van der Waals surface area contributed by atoms with E-state index in [0.717, 1.165) is 33.5 Å². The van der Waals surface area contributed by atoms with Gasteiger partial charge in [0, 0.05) is 11.3 Å². The van der Waals surface area contributed by atoms with Gasteiger partial charge in [-0.1, -0.05) is 43.8 Å². The van der Waals surface area contributed by atoms with E-state index in [1.54, 1.807) is 4.57 Å². The van der Waals surface area contributed by atoms with Gasteiger partial charge in [-0.2, -0.15) is 0 Å². The van der Waals surface area contributed by atoms with Gasteiger partial charge in [0.1, 0.15) is 4.83 Å². The van der Waals surface area contributed by atoms with Crippen molar-refractivity contribution in [2.45, 2.75) is 45.1 Å². The van der Waals surface area contributed by atoms with Crippen LogP contribution < -0.4 is 5.56 Å². The van der Waals surface area contributed by atoms with Gasteiger partial charge < -0.3 is 9.84 Å². The number of rotatable bonds is 5. The molecule has 0 saturated heterocycles. The molecular weight excluding hydrogens is 408 g/mol. The second kappa shape index (κ2) is 7.93. The summed E-state index contributed by atoms with van der Waals surface area (Å²) < 4.78 is 7.54. The van der Waals surface area contributed by atoms with E-state index in [0.29, 0.717) is 34.3 Å². The fourth-order valence-corrected chi connectivity index (χ4v) is 5.48. The summed E-state index contributed by atoms with van der Waals surface area (Å²) in [6.45, 7) is 6.66. The van der Waals surface area contributed by atoms with Gasteiger partial charge in [-0.3, -0.25) is 14.2 Å². The van der Waals surface area contributed by atoms with Crippen LogP contribution in [0.4, 0.5) is 0 Å². The Morgan fingerprint density at radius 2 is 2.17 bits per heavy atom. The number of aromatic nitrogens is 2. The van der Waals surface area contributed by atoms with Gasteiger partial charge >= 0.3 is 5.97 Å². The molecule has 1 atom stereocenters. The van der Waals surface area contributed by atoms with Crippen LogP contribution in [0.2, 0.25) is 0 Å². The monoisotopic (exact) mass is 430 g/mol. The third-order valence-corrected chi connectivity index (χ3v) is 7.16. The van der Waals surface area contributed by atoms with Crippen LogP contribution in [0.1, 0.15) is 29.9 Å². The number of nitrogens with zero attached hydrogens (tertiary/aromatic N) is 2. The minimum atomic E-state index is -0.945. The lowest BCUT2D eigenvalue weighted by atomic mass is 9.96. The smallest absolute Gasteiger partial charge is 0.313 e. The van der Waals surface area contributed by atoms with E-state index < -0.39 is 5.97 Å². The van der Waals surface area contributed by atoms with Gasteiger partial charge in [0.25, 0.3) is 5.56 Å². The average molecular weight is 431 g/mol. The van der Waals surface area contributed by atoms with E-state index in [1.165, 1.54) is 11.3 Å². The summed E-state index contributed by atoms with van der Waals surface area (Å²) in [4.78, 5) is 31.3. The number of aryl methyl sites for hydroxylation is 1. The van der Waals surface area contributed by atoms with Gasteiger partial charge in [0.05, 0.1) is 29.5 Å². The van der Waals surface area contributed by atoms with E-state index >= 15 is 0 Å². The van der Waals surface area contributed by atoms with Crippen LogP contribution >= 0.6 is 23.1 Å². The maximum Gasteiger partial charge on any atom is 0.313 e. The molecule has 0 bridgehead atoms. The van der Waals surface area contributed by atoms with Gasteiger partial charge in [-0.05, 0) is 30.0 Å². The van der Waals surface area contributed by atoms with Crippen LogP contribution in [0.25, 0.3) is 15.9 Å². The molecule has 0 fully saturated rings. The molecule has 0 saturated carbocycles. The molecule has 1 N–H and O–H groups in total. The summed E-state index contributed by atoms with van der Waals surface area (Å²) in [6, 6.07) is 7.59. The van der Waals surface area contributed by atoms with Crippen LogP contribution in [0.3, 0.4) is 0 Å². The standard InChI is InChI=1S/C21H22N2O4S2/c1-11(2)15-8-13-16(9-27-15)29-19-18(13)20(26)23(14-7-5-4-6-12(14)3)21(22-19)28-10-17(24)25/h4-7,11,15H,8-10H2,1-3H3,(H,24,25). The number of carboxylic acid groups (broad SMARTS) is 1. The largest absolute Gasteiger partial charge is 0.481 e. The molecule has 0 aliphatic carbocycles. The van der Waals surface area contributed by atoms with Gasteiger partial charge in [0.15, 0.2) is 5.16 Å². The summed E-state index contributed by atoms with van der Waals surface area (Å²) in [7, 11) is 0. The van der Waals surface area contributed by atoms with Crippen molar-refractivity contribution in [2.75, 3.05) is 5.75 Å². The molecule has 8 heteroatoms. The zero-order valence-corrected chi connectivity index (χ0v) is 18.1.